The Morgan fingerprint density at radius 2 is 2.08 bits per heavy atom. The molecule has 70 valence electrons. The summed E-state index contributed by atoms with van der Waals surface area (Å²) in [4.78, 5) is 10.6. The summed E-state index contributed by atoms with van der Waals surface area (Å²) in [5.41, 5.74) is 1.37. The van der Waals surface area contributed by atoms with Crippen molar-refractivity contribution in [2.45, 2.75) is 19.8 Å². The Morgan fingerprint density at radius 1 is 1.46 bits per heavy atom. The van der Waals surface area contributed by atoms with Gasteiger partial charge in [-0.25, -0.2) is 0 Å². The van der Waals surface area contributed by atoms with Crippen molar-refractivity contribution >= 4 is 5.97 Å². The zero-order valence-corrected chi connectivity index (χ0v) is 7.61. The van der Waals surface area contributed by atoms with E-state index in [0.29, 0.717) is 5.56 Å². The number of phenols is 1. The molecule has 0 heterocycles. The normalized spacial score (nSPS) is 12.5. The fraction of sp³-hybridized carbons (Fsp3) is 0.300. The summed E-state index contributed by atoms with van der Waals surface area (Å²) in [6, 6.07) is 4.92. The molecule has 0 saturated heterocycles. The first-order chi connectivity index (χ1) is 6.02. The number of aliphatic carboxylic acids is 1. The Kier molecular flexibility index (Phi) is 2.56. The predicted octanol–water partition coefficient (Wildman–Crippen LogP) is 1.89. The van der Waals surface area contributed by atoms with Crippen LogP contribution in [0.15, 0.2) is 18.2 Å². The lowest BCUT2D eigenvalue weighted by molar-refractivity contribution is -0.138. The van der Waals surface area contributed by atoms with E-state index in [9.17, 15) is 9.90 Å². The van der Waals surface area contributed by atoms with Crippen molar-refractivity contribution in [3.63, 3.8) is 0 Å². The first-order valence-corrected chi connectivity index (χ1v) is 4.04. The first kappa shape index (κ1) is 9.58. The highest BCUT2D eigenvalue weighted by atomic mass is 16.4. The molecule has 0 aromatic heterocycles. The lowest BCUT2D eigenvalue weighted by atomic mass is 10.00. The van der Waals surface area contributed by atoms with E-state index < -0.39 is 11.9 Å². The number of hydrogen-bond donors (Lipinski definition) is 2. The Bertz CT molecular complexity index is 331. The average Bonchev–Trinajstić information content (AvgIpc) is 2.08. The molecular formula is C10H12O3. The third-order valence-corrected chi connectivity index (χ3v) is 2.10. The summed E-state index contributed by atoms with van der Waals surface area (Å²) in [5.74, 6) is -1.32. The molecule has 13 heavy (non-hydrogen) atoms. The number of hydrogen-bond acceptors (Lipinski definition) is 2. The molecular weight excluding hydrogens is 168 g/mol. The molecule has 0 spiro atoms. The van der Waals surface area contributed by atoms with Crippen molar-refractivity contribution in [1.29, 1.82) is 0 Å². The number of rotatable bonds is 2. The number of benzene rings is 1. The second-order valence-corrected chi connectivity index (χ2v) is 3.11. The SMILES string of the molecule is Cc1ccc(C(C)C(=O)O)cc1O. The lowest BCUT2D eigenvalue weighted by Gasteiger charge is -2.07. The lowest BCUT2D eigenvalue weighted by Crippen LogP contribution is -2.07. The molecule has 2 N–H and O–H groups in total. The monoisotopic (exact) mass is 180 g/mol. The Labute approximate surface area is 76.6 Å². The van der Waals surface area contributed by atoms with Crippen LogP contribution in [0.1, 0.15) is 24.0 Å². The number of aromatic hydroxyl groups is 1. The fourth-order valence-electron chi connectivity index (χ4n) is 1.04. The molecule has 0 aliphatic heterocycles. The van der Waals surface area contributed by atoms with E-state index in [1.54, 1.807) is 26.0 Å². The molecule has 1 rings (SSSR count). The number of carbonyl (C=O) groups is 1. The molecule has 0 aliphatic rings. The van der Waals surface area contributed by atoms with Crippen LogP contribution in [-0.4, -0.2) is 16.2 Å². The highest BCUT2D eigenvalue weighted by molar-refractivity contribution is 5.75. The fourth-order valence-corrected chi connectivity index (χ4v) is 1.04. The summed E-state index contributed by atoms with van der Waals surface area (Å²) < 4.78 is 0. The highest BCUT2D eigenvalue weighted by Gasteiger charge is 2.14. The minimum absolute atomic E-state index is 0.144. The van der Waals surface area contributed by atoms with E-state index in [1.807, 2.05) is 0 Å². The van der Waals surface area contributed by atoms with E-state index in [2.05, 4.69) is 0 Å². The molecule has 3 nitrogen and oxygen atoms in total. The Morgan fingerprint density at radius 3 is 2.54 bits per heavy atom. The minimum Gasteiger partial charge on any atom is -0.508 e. The van der Waals surface area contributed by atoms with Crippen LogP contribution in [-0.2, 0) is 4.79 Å². The second kappa shape index (κ2) is 3.47. The van der Waals surface area contributed by atoms with Gasteiger partial charge in [0.1, 0.15) is 5.75 Å². The van der Waals surface area contributed by atoms with Gasteiger partial charge in [0.15, 0.2) is 0 Å². The standard InChI is InChI=1S/C10H12O3/c1-6-3-4-8(5-9(6)11)7(2)10(12)13/h3-5,7,11H,1-2H3,(H,12,13). The minimum atomic E-state index is -0.886. The van der Waals surface area contributed by atoms with E-state index in [4.69, 9.17) is 5.11 Å². The molecule has 0 radical (unpaired) electrons. The van der Waals surface area contributed by atoms with Gasteiger partial charge >= 0.3 is 5.97 Å². The summed E-state index contributed by atoms with van der Waals surface area (Å²) in [6.45, 7) is 3.36. The largest absolute Gasteiger partial charge is 0.508 e. The van der Waals surface area contributed by atoms with Gasteiger partial charge in [0, 0.05) is 0 Å². The van der Waals surface area contributed by atoms with Gasteiger partial charge < -0.3 is 10.2 Å². The quantitative estimate of drug-likeness (QED) is 0.730. The van der Waals surface area contributed by atoms with Crippen LogP contribution in [0, 0.1) is 6.92 Å². The topological polar surface area (TPSA) is 57.5 Å². The van der Waals surface area contributed by atoms with Crippen LogP contribution in [0.3, 0.4) is 0 Å². The van der Waals surface area contributed by atoms with Gasteiger partial charge in [-0.2, -0.15) is 0 Å². The number of carboxylic acids is 1. The van der Waals surface area contributed by atoms with Gasteiger partial charge in [-0.05, 0) is 31.0 Å². The number of phenolic OH excluding ortho intramolecular Hbond substituents is 1. The molecule has 1 atom stereocenters. The smallest absolute Gasteiger partial charge is 0.310 e. The van der Waals surface area contributed by atoms with E-state index in [-0.39, 0.29) is 5.75 Å². The highest BCUT2D eigenvalue weighted by Crippen LogP contribution is 2.23. The van der Waals surface area contributed by atoms with Gasteiger partial charge in [-0.1, -0.05) is 12.1 Å². The van der Waals surface area contributed by atoms with Gasteiger partial charge in [0.25, 0.3) is 0 Å². The van der Waals surface area contributed by atoms with Crippen molar-refractivity contribution in [2.75, 3.05) is 0 Å². The van der Waals surface area contributed by atoms with E-state index >= 15 is 0 Å². The molecule has 1 aromatic rings. The maximum Gasteiger partial charge on any atom is 0.310 e. The van der Waals surface area contributed by atoms with Crippen LogP contribution in [0.5, 0.6) is 5.75 Å². The van der Waals surface area contributed by atoms with Gasteiger partial charge in [0.2, 0.25) is 0 Å². The van der Waals surface area contributed by atoms with E-state index in [0.717, 1.165) is 5.56 Å². The van der Waals surface area contributed by atoms with Crippen molar-refractivity contribution < 1.29 is 15.0 Å². The number of aryl methyl sites for hydroxylation is 1. The molecule has 0 saturated carbocycles. The van der Waals surface area contributed by atoms with Crippen LogP contribution in [0.4, 0.5) is 0 Å². The van der Waals surface area contributed by atoms with Gasteiger partial charge in [-0.3, -0.25) is 4.79 Å². The average molecular weight is 180 g/mol. The van der Waals surface area contributed by atoms with E-state index in [1.165, 1.54) is 6.07 Å². The molecule has 1 aromatic carbocycles. The molecule has 0 aliphatic carbocycles. The maximum absolute atomic E-state index is 10.6. The molecule has 0 fully saturated rings. The third kappa shape index (κ3) is 1.99. The van der Waals surface area contributed by atoms with Crippen LogP contribution in [0.2, 0.25) is 0 Å². The Balaban J connectivity index is 3.03. The van der Waals surface area contributed by atoms with Crippen LogP contribution < -0.4 is 0 Å². The predicted molar refractivity (Wildman–Crippen MR) is 48.9 cm³/mol. The van der Waals surface area contributed by atoms with Crippen molar-refractivity contribution in [1.82, 2.24) is 0 Å². The van der Waals surface area contributed by atoms with Gasteiger partial charge in [-0.15, -0.1) is 0 Å². The molecule has 3 heteroatoms. The van der Waals surface area contributed by atoms with Crippen LogP contribution in [0.25, 0.3) is 0 Å². The van der Waals surface area contributed by atoms with Crippen LogP contribution >= 0.6 is 0 Å². The Hall–Kier alpha value is -1.51. The summed E-state index contributed by atoms with van der Waals surface area (Å²) >= 11 is 0. The summed E-state index contributed by atoms with van der Waals surface area (Å²) in [7, 11) is 0. The zero-order chi connectivity index (χ0) is 10.0. The molecule has 0 bridgehead atoms. The zero-order valence-electron chi connectivity index (χ0n) is 7.61. The maximum atomic E-state index is 10.6. The molecule has 1 unspecified atom stereocenters. The van der Waals surface area contributed by atoms with Crippen molar-refractivity contribution in [3.05, 3.63) is 29.3 Å². The second-order valence-electron chi connectivity index (χ2n) is 3.11. The summed E-state index contributed by atoms with van der Waals surface area (Å²) in [5, 5.41) is 18.1. The first-order valence-electron chi connectivity index (χ1n) is 4.04. The van der Waals surface area contributed by atoms with Crippen molar-refractivity contribution in [2.24, 2.45) is 0 Å². The number of carboxylic acid groups (broad SMARTS) is 1. The van der Waals surface area contributed by atoms with Gasteiger partial charge in [0.05, 0.1) is 5.92 Å². The molecule has 0 amide bonds. The van der Waals surface area contributed by atoms with Crippen molar-refractivity contribution in [3.8, 4) is 5.75 Å². The third-order valence-electron chi connectivity index (χ3n) is 2.10. The summed E-state index contributed by atoms with van der Waals surface area (Å²) in [6.07, 6.45) is 0.